The monoisotopic (exact) mass is 246 g/mol. The zero-order valence-corrected chi connectivity index (χ0v) is 10.6. The number of hydrogen-bond acceptors (Lipinski definition) is 4. The Hall–Kier alpha value is -2.17. The Morgan fingerprint density at radius 3 is 2.67 bits per heavy atom. The van der Waals surface area contributed by atoms with Gasteiger partial charge in [0.2, 0.25) is 5.95 Å². The Morgan fingerprint density at radius 2 is 2.00 bits per heavy atom. The molecule has 0 saturated heterocycles. The molecule has 0 saturated carbocycles. The van der Waals surface area contributed by atoms with Crippen LogP contribution in [0.5, 0.6) is 0 Å². The molecule has 0 aliphatic carbocycles. The van der Waals surface area contributed by atoms with Crippen LogP contribution in [0.2, 0.25) is 0 Å². The average molecular weight is 246 g/mol. The third-order valence-corrected chi connectivity index (χ3v) is 2.60. The maximum Gasteiger partial charge on any atom is 0.224 e. The summed E-state index contributed by atoms with van der Waals surface area (Å²) in [4.78, 5) is 7.84. The highest BCUT2D eigenvalue weighted by Gasteiger charge is 2.07. The number of nitrogens with one attached hydrogen (secondary N) is 2. The number of aryl methyl sites for hydroxylation is 2. The molecule has 5 heteroatoms. The molecule has 1 aromatic carbocycles. The summed E-state index contributed by atoms with van der Waals surface area (Å²) >= 11 is 0. The van der Waals surface area contributed by atoms with Gasteiger partial charge < -0.3 is 10.6 Å². The van der Waals surface area contributed by atoms with E-state index in [2.05, 4.69) is 20.6 Å². The van der Waals surface area contributed by atoms with Crippen molar-refractivity contribution in [2.75, 3.05) is 17.7 Å². The van der Waals surface area contributed by atoms with Gasteiger partial charge in [0.05, 0.1) is 6.20 Å². The fraction of sp³-hybridized carbons (Fsp3) is 0.231. The Kier molecular flexibility index (Phi) is 3.41. The van der Waals surface area contributed by atoms with E-state index in [4.69, 9.17) is 0 Å². The smallest absolute Gasteiger partial charge is 0.224 e. The minimum Gasteiger partial charge on any atom is -0.357 e. The van der Waals surface area contributed by atoms with E-state index in [-0.39, 0.29) is 5.82 Å². The highest BCUT2D eigenvalue weighted by molar-refractivity contribution is 5.61. The molecule has 4 nitrogen and oxygen atoms in total. The van der Waals surface area contributed by atoms with Crippen LogP contribution in [0.25, 0.3) is 0 Å². The number of hydrogen-bond donors (Lipinski definition) is 2. The molecule has 2 N–H and O–H groups in total. The number of nitrogens with zero attached hydrogens (tertiary/aromatic N) is 2. The van der Waals surface area contributed by atoms with Crippen LogP contribution in [0.1, 0.15) is 11.1 Å². The van der Waals surface area contributed by atoms with Crippen LogP contribution in [0.3, 0.4) is 0 Å². The van der Waals surface area contributed by atoms with Gasteiger partial charge in [0.1, 0.15) is 0 Å². The first-order valence-corrected chi connectivity index (χ1v) is 5.64. The van der Waals surface area contributed by atoms with Crippen molar-refractivity contribution in [3.05, 3.63) is 41.3 Å². The topological polar surface area (TPSA) is 49.8 Å². The molecule has 1 heterocycles. The van der Waals surface area contributed by atoms with E-state index in [1.54, 1.807) is 7.05 Å². The minimum atomic E-state index is -0.478. The van der Waals surface area contributed by atoms with Gasteiger partial charge >= 0.3 is 0 Å². The minimum absolute atomic E-state index is 0.168. The van der Waals surface area contributed by atoms with Crippen LogP contribution in [0.15, 0.2) is 24.4 Å². The van der Waals surface area contributed by atoms with Crippen molar-refractivity contribution < 1.29 is 4.39 Å². The average Bonchev–Trinajstić information content (AvgIpc) is 2.35. The standard InChI is InChI=1S/C13H15FN4/c1-8-4-5-11(9(2)6-8)17-12-10(14)7-16-13(15-3)18-12/h4-7H,1-3H3,(H2,15,16,17,18). The largest absolute Gasteiger partial charge is 0.357 e. The normalized spacial score (nSPS) is 10.2. The first-order chi connectivity index (χ1) is 8.60. The molecule has 0 bridgehead atoms. The predicted octanol–water partition coefficient (Wildman–Crippen LogP) is 3.02. The quantitative estimate of drug-likeness (QED) is 0.874. The van der Waals surface area contributed by atoms with Gasteiger partial charge in [0.15, 0.2) is 11.6 Å². The molecule has 0 spiro atoms. The van der Waals surface area contributed by atoms with Gasteiger partial charge in [0.25, 0.3) is 0 Å². The van der Waals surface area contributed by atoms with E-state index in [9.17, 15) is 4.39 Å². The first-order valence-electron chi connectivity index (χ1n) is 5.64. The maximum atomic E-state index is 13.6. The molecule has 0 aliphatic rings. The van der Waals surface area contributed by atoms with E-state index in [1.807, 2.05) is 32.0 Å². The van der Waals surface area contributed by atoms with Crippen molar-refractivity contribution in [3.8, 4) is 0 Å². The first kappa shape index (κ1) is 12.3. The van der Waals surface area contributed by atoms with Crippen molar-refractivity contribution >= 4 is 17.5 Å². The molecule has 94 valence electrons. The summed E-state index contributed by atoms with van der Waals surface area (Å²) in [7, 11) is 1.69. The van der Waals surface area contributed by atoms with Crippen LogP contribution in [-0.2, 0) is 0 Å². The molecule has 18 heavy (non-hydrogen) atoms. The lowest BCUT2D eigenvalue weighted by molar-refractivity contribution is 0.619. The summed E-state index contributed by atoms with van der Waals surface area (Å²) in [6.07, 6.45) is 1.14. The summed E-state index contributed by atoms with van der Waals surface area (Å²) < 4.78 is 13.6. The highest BCUT2D eigenvalue weighted by Crippen LogP contribution is 2.22. The number of halogens is 1. The Morgan fingerprint density at radius 1 is 1.22 bits per heavy atom. The van der Waals surface area contributed by atoms with Gasteiger partial charge in [-0.25, -0.2) is 9.37 Å². The SMILES string of the molecule is CNc1ncc(F)c(Nc2ccc(C)cc2C)n1. The summed E-state index contributed by atoms with van der Waals surface area (Å²) in [6.45, 7) is 3.98. The lowest BCUT2D eigenvalue weighted by atomic mass is 10.1. The molecule has 0 amide bonds. The van der Waals surface area contributed by atoms with Crippen LogP contribution in [0.4, 0.5) is 21.8 Å². The van der Waals surface area contributed by atoms with E-state index in [0.717, 1.165) is 23.0 Å². The molecule has 2 aromatic rings. The molecule has 0 aliphatic heterocycles. The third kappa shape index (κ3) is 2.56. The lowest BCUT2D eigenvalue weighted by Crippen LogP contribution is -2.03. The Balaban J connectivity index is 2.33. The van der Waals surface area contributed by atoms with Crippen LogP contribution in [-0.4, -0.2) is 17.0 Å². The summed E-state index contributed by atoms with van der Waals surface area (Å²) in [5, 5.41) is 5.75. The molecule has 0 atom stereocenters. The predicted molar refractivity (Wildman–Crippen MR) is 70.7 cm³/mol. The van der Waals surface area contributed by atoms with Crippen LogP contribution >= 0.6 is 0 Å². The van der Waals surface area contributed by atoms with E-state index < -0.39 is 5.82 Å². The molecule has 0 fully saturated rings. The second kappa shape index (κ2) is 5.00. The number of aromatic nitrogens is 2. The van der Waals surface area contributed by atoms with Gasteiger partial charge in [-0.05, 0) is 25.5 Å². The summed E-state index contributed by atoms with van der Waals surface area (Å²) in [5.41, 5.74) is 3.04. The maximum absolute atomic E-state index is 13.6. The fourth-order valence-corrected chi connectivity index (χ4v) is 1.66. The second-order valence-electron chi connectivity index (χ2n) is 4.08. The Bertz CT molecular complexity index is 569. The van der Waals surface area contributed by atoms with Crippen molar-refractivity contribution in [2.24, 2.45) is 0 Å². The molecule has 1 aromatic heterocycles. The van der Waals surface area contributed by atoms with Crippen molar-refractivity contribution in [3.63, 3.8) is 0 Å². The van der Waals surface area contributed by atoms with Crippen LogP contribution < -0.4 is 10.6 Å². The highest BCUT2D eigenvalue weighted by atomic mass is 19.1. The second-order valence-corrected chi connectivity index (χ2v) is 4.08. The summed E-state index contributed by atoms with van der Waals surface area (Å²) in [6, 6.07) is 5.90. The van der Waals surface area contributed by atoms with E-state index in [1.165, 1.54) is 0 Å². The fourth-order valence-electron chi connectivity index (χ4n) is 1.66. The zero-order chi connectivity index (χ0) is 13.1. The molecule has 0 radical (unpaired) electrons. The number of anilines is 3. The lowest BCUT2D eigenvalue weighted by Gasteiger charge is -2.10. The van der Waals surface area contributed by atoms with Gasteiger partial charge in [-0.2, -0.15) is 4.98 Å². The van der Waals surface area contributed by atoms with Crippen LogP contribution in [0, 0.1) is 19.7 Å². The van der Waals surface area contributed by atoms with Gasteiger partial charge in [-0.15, -0.1) is 0 Å². The molecular formula is C13H15FN4. The number of rotatable bonds is 3. The third-order valence-electron chi connectivity index (χ3n) is 2.60. The van der Waals surface area contributed by atoms with Gasteiger partial charge in [0, 0.05) is 12.7 Å². The zero-order valence-electron chi connectivity index (χ0n) is 10.6. The molecular weight excluding hydrogens is 231 g/mol. The molecule has 2 rings (SSSR count). The van der Waals surface area contributed by atoms with Crippen molar-refractivity contribution in [1.82, 2.24) is 9.97 Å². The molecule has 0 unspecified atom stereocenters. The van der Waals surface area contributed by atoms with E-state index >= 15 is 0 Å². The van der Waals surface area contributed by atoms with Crippen molar-refractivity contribution in [2.45, 2.75) is 13.8 Å². The Labute approximate surface area is 105 Å². The summed E-state index contributed by atoms with van der Waals surface area (Å²) in [5.74, 6) is 0.0685. The van der Waals surface area contributed by atoms with Gasteiger partial charge in [-0.1, -0.05) is 17.7 Å². The number of benzene rings is 1. The van der Waals surface area contributed by atoms with E-state index in [0.29, 0.717) is 5.95 Å². The van der Waals surface area contributed by atoms with Crippen molar-refractivity contribution in [1.29, 1.82) is 0 Å². The van der Waals surface area contributed by atoms with Gasteiger partial charge in [-0.3, -0.25) is 0 Å².